The highest BCUT2D eigenvalue weighted by molar-refractivity contribution is 5.88. The summed E-state index contributed by atoms with van der Waals surface area (Å²) in [6.45, 7) is 12.9. The minimum absolute atomic E-state index is 0.323. The van der Waals surface area contributed by atoms with Crippen molar-refractivity contribution in [2.75, 3.05) is 32.9 Å². The maximum Gasteiger partial charge on any atom is 0.334 e. The normalized spacial score (nSPS) is 10.6. The second-order valence-electron chi connectivity index (χ2n) is 4.32. The average molecular weight is 243 g/mol. The van der Waals surface area contributed by atoms with Crippen LogP contribution >= 0.6 is 0 Å². The standard InChI is InChI=1S/C13H25NO3/c1-5-17-13(15)12(4)9-14-7-6-8-16-10-11(2)3/h11,14H,4-10H2,1-3H3. The number of rotatable bonds is 10. The fourth-order valence-electron chi connectivity index (χ4n) is 1.16. The second-order valence-corrected chi connectivity index (χ2v) is 4.32. The van der Waals surface area contributed by atoms with Crippen LogP contribution in [0.1, 0.15) is 27.2 Å². The predicted molar refractivity (Wildman–Crippen MR) is 68.9 cm³/mol. The van der Waals surface area contributed by atoms with E-state index in [0.717, 1.165) is 26.2 Å². The Bertz CT molecular complexity index is 227. The Labute approximate surface area is 104 Å². The summed E-state index contributed by atoms with van der Waals surface area (Å²) in [6.07, 6.45) is 0.933. The molecule has 0 aromatic heterocycles. The van der Waals surface area contributed by atoms with E-state index in [0.29, 0.717) is 24.6 Å². The maximum atomic E-state index is 11.2. The summed E-state index contributed by atoms with van der Waals surface area (Å²) in [5.41, 5.74) is 0.468. The van der Waals surface area contributed by atoms with Gasteiger partial charge >= 0.3 is 5.97 Å². The van der Waals surface area contributed by atoms with Crippen LogP contribution in [-0.2, 0) is 14.3 Å². The third-order valence-corrected chi connectivity index (χ3v) is 2.00. The molecular formula is C13H25NO3. The van der Waals surface area contributed by atoms with E-state index in [9.17, 15) is 4.79 Å². The Kier molecular flexibility index (Phi) is 9.77. The van der Waals surface area contributed by atoms with E-state index >= 15 is 0 Å². The Morgan fingerprint density at radius 1 is 1.41 bits per heavy atom. The van der Waals surface area contributed by atoms with Gasteiger partial charge in [-0.15, -0.1) is 0 Å². The third-order valence-electron chi connectivity index (χ3n) is 2.00. The number of ether oxygens (including phenoxy) is 2. The van der Waals surface area contributed by atoms with Gasteiger partial charge in [0.2, 0.25) is 0 Å². The Morgan fingerprint density at radius 3 is 2.71 bits per heavy atom. The monoisotopic (exact) mass is 243 g/mol. The maximum absolute atomic E-state index is 11.2. The van der Waals surface area contributed by atoms with E-state index in [1.165, 1.54) is 0 Å². The minimum atomic E-state index is -0.323. The number of carbonyl (C=O) groups is 1. The van der Waals surface area contributed by atoms with Gasteiger partial charge in [-0.2, -0.15) is 0 Å². The van der Waals surface area contributed by atoms with Gasteiger partial charge in [-0.3, -0.25) is 0 Å². The van der Waals surface area contributed by atoms with Crippen LogP contribution < -0.4 is 5.32 Å². The van der Waals surface area contributed by atoms with Crippen molar-refractivity contribution in [3.63, 3.8) is 0 Å². The molecule has 0 amide bonds. The predicted octanol–water partition coefficient (Wildman–Crippen LogP) is 1.76. The van der Waals surface area contributed by atoms with E-state index in [-0.39, 0.29) is 5.97 Å². The number of esters is 1. The topological polar surface area (TPSA) is 47.6 Å². The lowest BCUT2D eigenvalue weighted by atomic mass is 10.2. The Morgan fingerprint density at radius 2 is 2.12 bits per heavy atom. The molecule has 0 saturated carbocycles. The van der Waals surface area contributed by atoms with Crippen LogP contribution in [0.3, 0.4) is 0 Å². The number of carbonyl (C=O) groups excluding carboxylic acids is 1. The molecule has 0 aromatic carbocycles. The van der Waals surface area contributed by atoms with Crippen LogP contribution in [0.15, 0.2) is 12.2 Å². The Hall–Kier alpha value is -0.870. The third kappa shape index (κ3) is 10.0. The van der Waals surface area contributed by atoms with Gasteiger partial charge in [-0.1, -0.05) is 20.4 Å². The summed E-state index contributed by atoms with van der Waals surface area (Å²) in [4.78, 5) is 11.2. The minimum Gasteiger partial charge on any atom is -0.463 e. The molecule has 0 radical (unpaired) electrons. The van der Waals surface area contributed by atoms with Crippen molar-refractivity contribution in [1.82, 2.24) is 5.32 Å². The van der Waals surface area contributed by atoms with Gasteiger partial charge in [-0.05, 0) is 25.8 Å². The van der Waals surface area contributed by atoms with Gasteiger partial charge in [-0.25, -0.2) is 4.79 Å². The van der Waals surface area contributed by atoms with Crippen molar-refractivity contribution >= 4 is 5.97 Å². The molecule has 0 atom stereocenters. The molecule has 17 heavy (non-hydrogen) atoms. The Balaban J connectivity index is 3.33. The van der Waals surface area contributed by atoms with Gasteiger partial charge in [0.15, 0.2) is 0 Å². The van der Waals surface area contributed by atoms with Crippen molar-refractivity contribution in [3.05, 3.63) is 12.2 Å². The fourth-order valence-corrected chi connectivity index (χ4v) is 1.16. The molecule has 0 saturated heterocycles. The lowest BCUT2D eigenvalue weighted by Gasteiger charge is -2.08. The molecule has 1 N–H and O–H groups in total. The molecule has 4 heteroatoms. The average Bonchev–Trinajstić information content (AvgIpc) is 2.27. The van der Waals surface area contributed by atoms with E-state index in [4.69, 9.17) is 9.47 Å². The quantitative estimate of drug-likeness (QED) is 0.361. The molecule has 0 bridgehead atoms. The van der Waals surface area contributed by atoms with Gasteiger partial charge in [0.1, 0.15) is 0 Å². The van der Waals surface area contributed by atoms with E-state index in [1.807, 2.05) is 0 Å². The van der Waals surface area contributed by atoms with Crippen LogP contribution in [-0.4, -0.2) is 38.9 Å². The van der Waals surface area contributed by atoms with Gasteiger partial charge < -0.3 is 14.8 Å². The summed E-state index contributed by atoms with van der Waals surface area (Å²) in [5.74, 6) is 0.252. The number of hydrogen-bond donors (Lipinski definition) is 1. The van der Waals surface area contributed by atoms with Gasteiger partial charge in [0.05, 0.1) is 6.61 Å². The molecule has 0 unspecified atom stereocenters. The van der Waals surface area contributed by atoms with Crippen LogP contribution in [0, 0.1) is 5.92 Å². The highest BCUT2D eigenvalue weighted by Gasteiger charge is 2.06. The lowest BCUT2D eigenvalue weighted by molar-refractivity contribution is -0.138. The van der Waals surface area contributed by atoms with E-state index < -0.39 is 0 Å². The first-order chi connectivity index (χ1) is 8.07. The van der Waals surface area contributed by atoms with Crippen molar-refractivity contribution in [1.29, 1.82) is 0 Å². The van der Waals surface area contributed by atoms with Gasteiger partial charge in [0.25, 0.3) is 0 Å². The summed E-state index contributed by atoms with van der Waals surface area (Å²) < 4.78 is 10.3. The molecule has 0 aliphatic heterocycles. The first-order valence-electron chi connectivity index (χ1n) is 6.21. The summed E-state index contributed by atoms with van der Waals surface area (Å²) in [7, 11) is 0. The summed E-state index contributed by atoms with van der Waals surface area (Å²) in [6, 6.07) is 0. The van der Waals surface area contributed by atoms with Gasteiger partial charge in [0, 0.05) is 25.3 Å². The first-order valence-corrected chi connectivity index (χ1v) is 6.21. The highest BCUT2D eigenvalue weighted by atomic mass is 16.5. The smallest absolute Gasteiger partial charge is 0.334 e. The fraction of sp³-hybridized carbons (Fsp3) is 0.769. The number of nitrogens with one attached hydrogen (secondary N) is 1. The van der Waals surface area contributed by atoms with Crippen molar-refractivity contribution in [3.8, 4) is 0 Å². The molecule has 100 valence electrons. The van der Waals surface area contributed by atoms with Crippen molar-refractivity contribution in [2.24, 2.45) is 5.92 Å². The lowest BCUT2D eigenvalue weighted by Crippen LogP contribution is -2.23. The molecule has 0 aliphatic rings. The molecule has 0 rings (SSSR count). The van der Waals surface area contributed by atoms with Crippen LogP contribution in [0.5, 0.6) is 0 Å². The van der Waals surface area contributed by atoms with Crippen LogP contribution in [0.4, 0.5) is 0 Å². The zero-order valence-electron chi connectivity index (χ0n) is 11.3. The molecule has 0 aliphatic carbocycles. The zero-order chi connectivity index (χ0) is 13.1. The largest absolute Gasteiger partial charge is 0.463 e. The highest BCUT2D eigenvalue weighted by Crippen LogP contribution is 1.94. The zero-order valence-corrected chi connectivity index (χ0v) is 11.3. The number of hydrogen-bond acceptors (Lipinski definition) is 4. The second kappa shape index (κ2) is 10.3. The van der Waals surface area contributed by atoms with Crippen molar-refractivity contribution in [2.45, 2.75) is 27.2 Å². The van der Waals surface area contributed by atoms with E-state index in [2.05, 4.69) is 25.7 Å². The molecule has 0 aromatic rings. The molecule has 0 fully saturated rings. The summed E-state index contributed by atoms with van der Waals surface area (Å²) >= 11 is 0. The molecule has 0 heterocycles. The summed E-state index contributed by atoms with van der Waals surface area (Å²) in [5, 5.41) is 3.13. The van der Waals surface area contributed by atoms with E-state index in [1.54, 1.807) is 6.92 Å². The molecular weight excluding hydrogens is 218 g/mol. The van der Waals surface area contributed by atoms with Crippen LogP contribution in [0.25, 0.3) is 0 Å². The molecule has 0 spiro atoms. The molecule has 4 nitrogen and oxygen atoms in total. The van der Waals surface area contributed by atoms with Crippen molar-refractivity contribution < 1.29 is 14.3 Å². The van der Waals surface area contributed by atoms with Crippen LogP contribution in [0.2, 0.25) is 0 Å². The SMILES string of the molecule is C=C(CNCCCOCC(C)C)C(=O)OCC. The first kappa shape index (κ1) is 16.1.